The maximum absolute atomic E-state index is 11.4. The van der Waals surface area contributed by atoms with E-state index in [1.165, 1.54) is 0 Å². The summed E-state index contributed by atoms with van der Waals surface area (Å²) < 4.78 is 0. The van der Waals surface area contributed by atoms with Gasteiger partial charge in [0.15, 0.2) is 0 Å². The van der Waals surface area contributed by atoms with Gasteiger partial charge in [-0.15, -0.1) is 0 Å². The molecule has 0 aromatic rings. The molecule has 0 heterocycles. The van der Waals surface area contributed by atoms with Crippen molar-refractivity contribution in [2.24, 2.45) is 16.3 Å². The first-order valence-electron chi connectivity index (χ1n) is 6.77. The van der Waals surface area contributed by atoms with Crippen molar-refractivity contribution in [1.82, 2.24) is 10.6 Å². The monoisotopic (exact) mass is 272 g/mol. The molecular formula is C13H28N4O2. The number of oxime groups is 1. The second-order valence-electron chi connectivity index (χ2n) is 5.69. The first-order chi connectivity index (χ1) is 8.79. The molecular weight excluding hydrogens is 244 g/mol. The largest absolute Gasteiger partial charge is 0.409 e. The molecule has 1 amide bonds. The second kappa shape index (κ2) is 8.74. The van der Waals surface area contributed by atoms with Crippen LogP contribution in [0, 0.1) is 5.41 Å². The fraction of sp³-hybridized carbons (Fsp3) is 0.846. The third-order valence-corrected chi connectivity index (χ3v) is 2.93. The Balaban J connectivity index is 3.64. The van der Waals surface area contributed by atoms with Gasteiger partial charge in [-0.2, -0.15) is 0 Å². The number of nitrogens with one attached hydrogen (secondary N) is 2. The zero-order valence-corrected chi connectivity index (χ0v) is 12.5. The molecule has 0 saturated heterocycles. The molecule has 0 radical (unpaired) electrons. The molecule has 19 heavy (non-hydrogen) atoms. The minimum atomic E-state index is -0.300. The molecule has 0 rings (SSSR count). The Morgan fingerprint density at radius 3 is 2.53 bits per heavy atom. The number of hydrogen-bond donors (Lipinski definition) is 4. The molecule has 0 aliphatic rings. The predicted octanol–water partition coefficient (Wildman–Crippen LogP) is 1.04. The van der Waals surface area contributed by atoms with Crippen LogP contribution in [0.1, 0.15) is 47.0 Å². The third kappa shape index (κ3) is 8.42. The molecule has 0 saturated carbocycles. The number of carbonyl (C=O) groups is 1. The van der Waals surface area contributed by atoms with Crippen molar-refractivity contribution in [3.8, 4) is 0 Å². The standard InChI is InChI=1S/C13H28N4O2/c1-10(2)16-11(18)6-9-15-8-5-7-13(3,4)12(14)17-19/h10,15,19H,5-9H2,1-4H3,(H2,14,17)(H,16,18). The van der Waals surface area contributed by atoms with Crippen LogP contribution >= 0.6 is 0 Å². The first-order valence-corrected chi connectivity index (χ1v) is 6.77. The lowest BCUT2D eigenvalue weighted by Gasteiger charge is -2.22. The Kier molecular flexibility index (Phi) is 8.14. The SMILES string of the molecule is CC(C)NC(=O)CCNCCCC(C)(C)C(N)=NO. The highest BCUT2D eigenvalue weighted by molar-refractivity contribution is 5.85. The van der Waals surface area contributed by atoms with Gasteiger partial charge in [0.25, 0.3) is 0 Å². The highest BCUT2D eigenvalue weighted by Crippen LogP contribution is 2.21. The van der Waals surface area contributed by atoms with Gasteiger partial charge >= 0.3 is 0 Å². The lowest BCUT2D eigenvalue weighted by molar-refractivity contribution is -0.121. The first kappa shape index (κ1) is 17.7. The van der Waals surface area contributed by atoms with Crippen molar-refractivity contribution < 1.29 is 10.0 Å². The smallest absolute Gasteiger partial charge is 0.221 e. The van der Waals surface area contributed by atoms with E-state index in [4.69, 9.17) is 10.9 Å². The van der Waals surface area contributed by atoms with E-state index >= 15 is 0 Å². The van der Waals surface area contributed by atoms with Gasteiger partial charge in [-0.05, 0) is 33.2 Å². The summed E-state index contributed by atoms with van der Waals surface area (Å²) in [5.74, 6) is 0.322. The quantitative estimate of drug-likeness (QED) is 0.166. The van der Waals surface area contributed by atoms with Gasteiger partial charge in [0.2, 0.25) is 5.91 Å². The number of nitrogens with two attached hydrogens (primary N) is 1. The number of amides is 1. The van der Waals surface area contributed by atoms with Gasteiger partial charge in [-0.3, -0.25) is 4.79 Å². The zero-order valence-electron chi connectivity index (χ0n) is 12.5. The van der Waals surface area contributed by atoms with Gasteiger partial charge in [0.1, 0.15) is 5.84 Å². The average molecular weight is 272 g/mol. The van der Waals surface area contributed by atoms with Crippen molar-refractivity contribution in [2.75, 3.05) is 13.1 Å². The zero-order chi connectivity index (χ0) is 14.9. The maximum Gasteiger partial charge on any atom is 0.221 e. The molecule has 0 unspecified atom stereocenters. The van der Waals surface area contributed by atoms with Crippen LogP contribution in [-0.4, -0.2) is 36.1 Å². The lowest BCUT2D eigenvalue weighted by atomic mass is 9.86. The molecule has 0 aromatic carbocycles. The third-order valence-electron chi connectivity index (χ3n) is 2.93. The summed E-state index contributed by atoms with van der Waals surface area (Å²) in [4.78, 5) is 11.4. The van der Waals surface area contributed by atoms with Crippen LogP contribution in [0.4, 0.5) is 0 Å². The molecule has 0 aliphatic carbocycles. The minimum Gasteiger partial charge on any atom is -0.409 e. The van der Waals surface area contributed by atoms with Crippen LogP contribution in [-0.2, 0) is 4.79 Å². The molecule has 6 nitrogen and oxygen atoms in total. The number of nitrogens with zero attached hydrogens (tertiary/aromatic N) is 1. The second-order valence-corrected chi connectivity index (χ2v) is 5.69. The molecule has 0 aromatic heterocycles. The van der Waals surface area contributed by atoms with Crippen LogP contribution in [0.2, 0.25) is 0 Å². The van der Waals surface area contributed by atoms with Gasteiger partial charge in [0.05, 0.1) is 0 Å². The van der Waals surface area contributed by atoms with Crippen molar-refractivity contribution in [3.63, 3.8) is 0 Å². The fourth-order valence-electron chi connectivity index (χ4n) is 1.64. The van der Waals surface area contributed by atoms with E-state index in [0.717, 1.165) is 19.4 Å². The van der Waals surface area contributed by atoms with Crippen LogP contribution in [0.25, 0.3) is 0 Å². The molecule has 0 spiro atoms. The fourth-order valence-corrected chi connectivity index (χ4v) is 1.64. The summed E-state index contributed by atoms with van der Waals surface area (Å²) in [5.41, 5.74) is 5.30. The molecule has 5 N–H and O–H groups in total. The summed E-state index contributed by atoms with van der Waals surface area (Å²) in [5, 5.41) is 17.8. The van der Waals surface area contributed by atoms with E-state index in [9.17, 15) is 4.79 Å². The Bertz CT molecular complexity index is 301. The maximum atomic E-state index is 11.4. The number of amidine groups is 1. The molecule has 6 heteroatoms. The van der Waals surface area contributed by atoms with Gasteiger partial charge in [-0.1, -0.05) is 19.0 Å². The molecule has 0 atom stereocenters. The Labute approximate surface area is 115 Å². The topological polar surface area (TPSA) is 99.7 Å². The van der Waals surface area contributed by atoms with Crippen molar-refractivity contribution in [2.45, 2.75) is 53.0 Å². The Morgan fingerprint density at radius 2 is 2.00 bits per heavy atom. The van der Waals surface area contributed by atoms with Crippen molar-refractivity contribution in [3.05, 3.63) is 0 Å². The number of carbonyl (C=O) groups excluding carboxylic acids is 1. The summed E-state index contributed by atoms with van der Waals surface area (Å²) in [6.07, 6.45) is 2.23. The lowest BCUT2D eigenvalue weighted by Crippen LogP contribution is -2.34. The van der Waals surface area contributed by atoms with Crippen LogP contribution in [0.3, 0.4) is 0 Å². The molecule has 0 bridgehead atoms. The summed E-state index contributed by atoms with van der Waals surface area (Å²) in [7, 11) is 0. The summed E-state index contributed by atoms with van der Waals surface area (Å²) >= 11 is 0. The van der Waals surface area contributed by atoms with Crippen molar-refractivity contribution >= 4 is 11.7 Å². The average Bonchev–Trinajstić information content (AvgIpc) is 2.31. The molecule has 112 valence electrons. The molecule has 0 fully saturated rings. The van der Waals surface area contributed by atoms with Crippen LogP contribution < -0.4 is 16.4 Å². The highest BCUT2D eigenvalue weighted by Gasteiger charge is 2.22. The Hall–Kier alpha value is -1.30. The number of rotatable bonds is 9. The van der Waals surface area contributed by atoms with E-state index in [2.05, 4.69) is 15.8 Å². The summed E-state index contributed by atoms with van der Waals surface area (Å²) in [6.45, 7) is 9.26. The minimum absolute atomic E-state index is 0.0690. The van der Waals surface area contributed by atoms with E-state index in [1.54, 1.807) is 0 Å². The van der Waals surface area contributed by atoms with Gasteiger partial charge in [-0.25, -0.2) is 0 Å². The summed E-state index contributed by atoms with van der Waals surface area (Å²) in [6, 6.07) is 0.189. The van der Waals surface area contributed by atoms with Crippen molar-refractivity contribution in [1.29, 1.82) is 0 Å². The number of hydrogen-bond acceptors (Lipinski definition) is 4. The molecule has 0 aliphatic heterocycles. The van der Waals surface area contributed by atoms with E-state index in [1.807, 2.05) is 27.7 Å². The van der Waals surface area contributed by atoms with Gasteiger partial charge in [0, 0.05) is 24.4 Å². The van der Waals surface area contributed by atoms with Crippen LogP contribution in [0.5, 0.6) is 0 Å². The van der Waals surface area contributed by atoms with Crippen LogP contribution in [0.15, 0.2) is 5.16 Å². The Morgan fingerprint density at radius 1 is 1.37 bits per heavy atom. The van der Waals surface area contributed by atoms with E-state index in [-0.39, 0.29) is 23.2 Å². The van der Waals surface area contributed by atoms with Gasteiger partial charge < -0.3 is 21.6 Å². The van der Waals surface area contributed by atoms with E-state index in [0.29, 0.717) is 13.0 Å². The highest BCUT2D eigenvalue weighted by atomic mass is 16.4. The normalized spacial score (nSPS) is 12.8. The van der Waals surface area contributed by atoms with E-state index < -0.39 is 0 Å². The predicted molar refractivity (Wildman–Crippen MR) is 77.2 cm³/mol.